The lowest BCUT2D eigenvalue weighted by atomic mass is 10.2. The predicted molar refractivity (Wildman–Crippen MR) is 66.4 cm³/mol. The lowest BCUT2D eigenvalue weighted by Gasteiger charge is -2.00. The molecule has 0 radical (unpaired) electrons. The third kappa shape index (κ3) is 2.33. The summed E-state index contributed by atoms with van der Waals surface area (Å²) in [7, 11) is 3.68. The van der Waals surface area contributed by atoms with Gasteiger partial charge in [-0.25, -0.2) is 9.37 Å². The van der Waals surface area contributed by atoms with E-state index >= 15 is 0 Å². The molecule has 1 heterocycles. The van der Waals surface area contributed by atoms with Gasteiger partial charge >= 0.3 is 0 Å². The molecule has 0 aliphatic heterocycles. The Bertz CT molecular complexity index is 537. The average Bonchev–Trinajstić information content (AvgIpc) is 2.58. The van der Waals surface area contributed by atoms with Crippen LogP contribution in [-0.2, 0) is 13.6 Å². The molecule has 1 N–H and O–H groups in total. The van der Waals surface area contributed by atoms with Gasteiger partial charge in [-0.05, 0) is 19.2 Å². The van der Waals surface area contributed by atoms with Crippen LogP contribution < -0.4 is 5.32 Å². The van der Waals surface area contributed by atoms with Gasteiger partial charge in [0.15, 0.2) is 0 Å². The van der Waals surface area contributed by atoms with Gasteiger partial charge in [-0.2, -0.15) is 0 Å². The van der Waals surface area contributed by atoms with E-state index < -0.39 is 0 Å². The second-order valence-corrected chi connectivity index (χ2v) is 4.13. The first-order valence-corrected chi connectivity index (χ1v) is 5.63. The summed E-state index contributed by atoms with van der Waals surface area (Å²) in [5.41, 5.74) is 1.30. The molecule has 0 aliphatic carbocycles. The van der Waals surface area contributed by atoms with Crippen LogP contribution in [0.3, 0.4) is 0 Å². The molecule has 2 rings (SSSR count). The van der Waals surface area contributed by atoms with Gasteiger partial charge in [0.25, 0.3) is 0 Å². The SMILES string of the molecule is CNCc1nc(-c2cccc(F)c2)c(Cl)n1C. The first-order valence-electron chi connectivity index (χ1n) is 5.25. The molecule has 0 aliphatic rings. The normalized spacial score (nSPS) is 10.8. The third-order valence-corrected chi connectivity index (χ3v) is 2.98. The van der Waals surface area contributed by atoms with Gasteiger partial charge in [0.1, 0.15) is 22.5 Å². The van der Waals surface area contributed by atoms with Crippen molar-refractivity contribution in [3.63, 3.8) is 0 Å². The van der Waals surface area contributed by atoms with E-state index in [1.165, 1.54) is 12.1 Å². The highest BCUT2D eigenvalue weighted by atomic mass is 35.5. The number of halogens is 2. The van der Waals surface area contributed by atoms with Crippen molar-refractivity contribution in [3.05, 3.63) is 41.1 Å². The van der Waals surface area contributed by atoms with E-state index in [0.29, 0.717) is 23.0 Å². The Hall–Kier alpha value is -1.39. The molecule has 0 unspecified atom stereocenters. The van der Waals surface area contributed by atoms with Gasteiger partial charge in [0, 0.05) is 12.6 Å². The maximum atomic E-state index is 13.1. The highest BCUT2D eigenvalue weighted by Crippen LogP contribution is 2.27. The summed E-state index contributed by atoms with van der Waals surface area (Å²) in [4.78, 5) is 4.41. The first-order chi connectivity index (χ1) is 8.13. The highest BCUT2D eigenvalue weighted by molar-refractivity contribution is 6.32. The van der Waals surface area contributed by atoms with E-state index in [2.05, 4.69) is 10.3 Å². The van der Waals surface area contributed by atoms with Crippen molar-refractivity contribution >= 4 is 11.6 Å². The second kappa shape index (κ2) is 4.85. The van der Waals surface area contributed by atoms with E-state index in [1.807, 2.05) is 14.1 Å². The zero-order valence-electron chi connectivity index (χ0n) is 9.67. The van der Waals surface area contributed by atoms with Gasteiger partial charge in [-0.15, -0.1) is 0 Å². The molecule has 0 amide bonds. The Kier molecular flexibility index (Phi) is 3.45. The quantitative estimate of drug-likeness (QED) is 0.911. The lowest BCUT2D eigenvalue weighted by Crippen LogP contribution is -2.10. The Morgan fingerprint density at radius 3 is 2.88 bits per heavy atom. The van der Waals surface area contributed by atoms with Crippen LogP contribution in [0.25, 0.3) is 11.3 Å². The molecule has 0 saturated heterocycles. The third-order valence-electron chi connectivity index (χ3n) is 2.55. The Morgan fingerprint density at radius 1 is 1.47 bits per heavy atom. The molecule has 0 bridgehead atoms. The lowest BCUT2D eigenvalue weighted by molar-refractivity contribution is 0.628. The first kappa shape index (κ1) is 12.1. The number of nitrogens with one attached hydrogen (secondary N) is 1. The van der Waals surface area contributed by atoms with Crippen LogP contribution in [0, 0.1) is 5.82 Å². The number of aromatic nitrogens is 2. The topological polar surface area (TPSA) is 29.9 Å². The zero-order chi connectivity index (χ0) is 12.4. The van der Waals surface area contributed by atoms with Crippen molar-refractivity contribution in [2.75, 3.05) is 7.05 Å². The fourth-order valence-corrected chi connectivity index (χ4v) is 1.91. The van der Waals surface area contributed by atoms with Crippen molar-refractivity contribution in [2.45, 2.75) is 6.54 Å². The van der Waals surface area contributed by atoms with Crippen molar-refractivity contribution in [3.8, 4) is 11.3 Å². The van der Waals surface area contributed by atoms with E-state index in [1.54, 1.807) is 16.7 Å². The predicted octanol–water partition coefficient (Wildman–Crippen LogP) is 2.60. The standard InChI is InChI=1S/C12H13ClFN3/c1-15-7-10-16-11(12(13)17(10)2)8-4-3-5-9(14)6-8/h3-6,15H,7H2,1-2H3. The summed E-state index contributed by atoms with van der Waals surface area (Å²) in [5.74, 6) is 0.524. The highest BCUT2D eigenvalue weighted by Gasteiger charge is 2.14. The number of hydrogen-bond donors (Lipinski definition) is 1. The molecule has 17 heavy (non-hydrogen) atoms. The van der Waals surface area contributed by atoms with Crippen molar-refractivity contribution in [2.24, 2.45) is 7.05 Å². The summed E-state index contributed by atoms with van der Waals surface area (Å²) >= 11 is 6.19. The molecule has 0 atom stereocenters. The van der Waals surface area contributed by atoms with E-state index in [9.17, 15) is 4.39 Å². The van der Waals surface area contributed by atoms with E-state index in [-0.39, 0.29) is 5.82 Å². The van der Waals surface area contributed by atoms with Gasteiger partial charge < -0.3 is 9.88 Å². The van der Waals surface area contributed by atoms with Gasteiger partial charge in [0.05, 0.1) is 6.54 Å². The minimum absolute atomic E-state index is 0.292. The van der Waals surface area contributed by atoms with Gasteiger partial charge in [-0.3, -0.25) is 0 Å². The van der Waals surface area contributed by atoms with Crippen LogP contribution >= 0.6 is 11.6 Å². The molecule has 0 saturated carbocycles. The molecule has 1 aromatic carbocycles. The number of benzene rings is 1. The van der Waals surface area contributed by atoms with E-state index in [4.69, 9.17) is 11.6 Å². The largest absolute Gasteiger partial charge is 0.321 e. The summed E-state index contributed by atoms with van der Waals surface area (Å²) < 4.78 is 14.9. The van der Waals surface area contributed by atoms with Crippen LogP contribution in [0.5, 0.6) is 0 Å². The Morgan fingerprint density at radius 2 is 2.24 bits per heavy atom. The molecular formula is C12H13ClFN3. The fraction of sp³-hybridized carbons (Fsp3) is 0.250. The molecule has 3 nitrogen and oxygen atoms in total. The molecular weight excluding hydrogens is 241 g/mol. The van der Waals surface area contributed by atoms with Crippen LogP contribution in [0.4, 0.5) is 4.39 Å². The van der Waals surface area contributed by atoms with Crippen molar-refractivity contribution in [1.82, 2.24) is 14.9 Å². The monoisotopic (exact) mass is 253 g/mol. The fourth-order valence-electron chi connectivity index (χ4n) is 1.66. The van der Waals surface area contributed by atoms with Gasteiger partial charge in [0.2, 0.25) is 0 Å². The smallest absolute Gasteiger partial charge is 0.136 e. The molecule has 2 aromatic rings. The second-order valence-electron chi connectivity index (χ2n) is 3.77. The molecule has 90 valence electrons. The number of nitrogens with zero attached hydrogens (tertiary/aromatic N) is 2. The van der Waals surface area contributed by atoms with Crippen LogP contribution in [0.2, 0.25) is 5.15 Å². The van der Waals surface area contributed by atoms with Crippen molar-refractivity contribution < 1.29 is 4.39 Å². The minimum Gasteiger partial charge on any atom is -0.321 e. The summed E-state index contributed by atoms with van der Waals surface area (Å²) in [5, 5.41) is 3.53. The molecule has 5 heteroatoms. The van der Waals surface area contributed by atoms with Crippen LogP contribution in [0.15, 0.2) is 24.3 Å². The molecule has 0 spiro atoms. The number of hydrogen-bond acceptors (Lipinski definition) is 2. The van der Waals surface area contributed by atoms with Crippen LogP contribution in [0.1, 0.15) is 5.82 Å². The zero-order valence-corrected chi connectivity index (χ0v) is 10.4. The maximum absolute atomic E-state index is 13.1. The number of rotatable bonds is 3. The van der Waals surface area contributed by atoms with Crippen molar-refractivity contribution in [1.29, 1.82) is 0 Å². The summed E-state index contributed by atoms with van der Waals surface area (Å²) in [6, 6.07) is 6.26. The number of imidazole rings is 1. The average molecular weight is 254 g/mol. The molecule has 0 fully saturated rings. The Balaban J connectivity index is 2.49. The maximum Gasteiger partial charge on any atom is 0.136 e. The van der Waals surface area contributed by atoms with Crippen LogP contribution in [-0.4, -0.2) is 16.6 Å². The minimum atomic E-state index is -0.292. The Labute approximate surface area is 104 Å². The van der Waals surface area contributed by atoms with Gasteiger partial charge in [-0.1, -0.05) is 23.7 Å². The summed E-state index contributed by atoms with van der Waals surface area (Å²) in [6.07, 6.45) is 0. The molecule has 1 aromatic heterocycles. The van der Waals surface area contributed by atoms with E-state index in [0.717, 1.165) is 5.82 Å². The summed E-state index contributed by atoms with van der Waals surface area (Å²) in [6.45, 7) is 0.617.